The number of aromatic nitrogens is 1. The fourth-order valence-corrected chi connectivity index (χ4v) is 6.18. The van der Waals surface area contributed by atoms with Gasteiger partial charge >= 0.3 is 5.97 Å². The Bertz CT molecular complexity index is 1270. The Morgan fingerprint density at radius 1 is 0.927 bits per heavy atom. The average Bonchev–Trinajstić information content (AvgIpc) is 3.00. The van der Waals surface area contributed by atoms with Crippen LogP contribution in [0.15, 0.2) is 65.3 Å². The van der Waals surface area contributed by atoms with Crippen LogP contribution in [0.5, 0.6) is 5.88 Å². The van der Waals surface area contributed by atoms with Gasteiger partial charge in [-0.3, -0.25) is 0 Å². The van der Waals surface area contributed by atoms with E-state index in [2.05, 4.69) is 43.1 Å². The van der Waals surface area contributed by atoms with Crippen LogP contribution in [0.2, 0.25) is 0 Å². The Labute approximate surface area is 250 Å². The van der Waals surface area contributed by atoms with Gasteiger partial charge in [0.2, 0.25) is 5.88 Å². The monoisotopic (exact) mass is 577 g/mol. The Morgan fingerprint density at radius 2 is 1.63 bits per heavy atom. The van der Waals surface area contributed by atoms with Crippen LogP contribution in [0.1, 0.15) is 99.5 Å². The van der Waals surface area contributed by atoms with E-state index >= 15 is 0 Å². The number of aliphatic hydroxyl groups excluding tert-OH is 1. The molecule has 41 heavy (non-hydrogen) atoms. The number of methoxy groups -OCH3 is 2. The number of rotatable bonds is 18. The first-order valence-electron chi connectivity index (χ1n) is 15.2. The number of allylic oxidation sites excluding steroid dienone is 1. The first kappa shape index (κ1) is 32.5. The summed E-state index contributed by atoms with van der Waals surface area (Å²) in [4.78, 5) is 17.7. The minimum Gasteiger partial charge on any atom is -0.511 e. The van der Waals surface area contributed by atoms with Crippen LogP contribution in [0, 0.1) is 0 Å². The molecule has 5 nitrogen and oxygen atoms in total. The van der Waals surface area contributed by atoms with E-state index in [1.165, 1.54) is 70.3 Å². The Morgan fingerprint density at radius 3 is 2.32 bits per heavy atom. The molecule has 0 fully saturated rings. The molecule has 1 aromatic heterocycles. The van der Waals surface area contributed by atoms with E-state index in [1.54, 1.807) is 17.8 Å². The molecular weight excluding hydrogens is 530 g/mol. The molecule has 1 atom stereocenters. The molecule has 2 aromatic carbocycles. The standard InChI is InChI=1S/C35H47NO4S/c1-5-7-9-10-11-12-13-16-26-17-14-15-18-27(26)21-23-33(32(37)19-8-6-2)41-29-22-20-28-24-30(35(38)40-4)34(39-3)36-31(28)25-29/h14-15,17-20,22,24-25,33,37H,5-13,16,21,23H2,1-4H3/t33-/m1/s1. The second kappa shape index (κ2) is 17.7. The van der Waals surface area contributed by atoms with Crippen molar-refractivity contribution in [2.24, 2.45) is 0 Å². The molecule has 0 unspecified atom stereocenters. The number of esters is 1. The maximum atomic E-state index is 12.2. The average molecular weight is 578 g/mol. The third kappa shape index (κ3) is 10.1. The van der Waals surface area contributed by atoms with E-state index in [9.17, 15) is 9.90 Å². The number of aliphatic hydroxyl groups is 1. The fourth-order valence-electron chi connectivity index (χ4n) is 5.07. The lowest BCUT2D eigenvalue weighted by molar-refractivity contribution is 0.0596. The van der Waals surface area contributed by atoms with E-state index in [-0.39, 0.29) is 11.1 Å². The van der Waals surface area contributed by atoms with Gasteiger partial charge in [-0.25, -0.2) is 9.78 Å². The second-order valence-electron chi connectivity index (χ2n) is 10.6. The van der Waals surface area contributed by atoms with Crippen molar-refractivity contribution in [3.8, 4) is 5.88 Å². The van der Waals surface area contributed by atoms with Crippen molar-refractivity contribution in [2.75, 3.05) is 14.2 Å². The van der Waals surface area contributed by atoms with Gasteiger partial charge in [0.25, 0.3) is 0 Å². The normalized spacial score (nSPS) is 12.4. The molecule has 222 valence electrons. The smallest absolute Gasteiger partial charge is 0.343 e. The van der Waals surface area contributed by atoms with Crippen LogP contribution in [-0.2, 0) is 17.6 Å². The molecule has 0 aliphatic carbocycles. The molecule has 0 aliphatic heterocycles. The number of ether oxygens (including phenoxy) is 2. The molecule has 6 heteroatoms. The van der Waals surface area contributed by atoms with Crippen molar-refractivity contribution in [3.05, 3.63) is 77.1 Å². The number of nitrogens with zero attached hydrogens (tertiary/aromatic N) is 1. The summed E-state index contributed by atoms with van der Waals surface area (Å²) in [5.41, 5.74) is 3.85. The highest BCUT2D eigenvalue weighted by Gasteiger charge is 2.19. The largest absolute Gasteiger partial charge is 0.511 e. The lowest BCUT2D eigenvalue weighted by Crippen LogP contribution is -2.09. The number of fused-ring (bicyclic) bond motifs is 1. The maximum Gasteiger partial charge on any atom is 0.343 e. The van der Waals surface area contributed by atoms with Gasteiger partial charge in [-0.2, -0.15) is 0 Å². The molecule has 0 amide bonds. The zero-order chi connectivity index (χ0) is 29.5. The first-order chi connectivity index (χ1) is 20.0. The summed E-state index contributed by atoms with van der Waals surface area (Å²) < 4.78 is 10.3. The lowest BCUT2D eigenvalue weighted by atomic mass is 9.96. The predicted octanol–water partition coefficient (Wildman–Crippen LogP) is 9.66. The number of aryl methyl sites for hydroxylation is 2. The fraction of sp³-hybridized carbons (Fsp3) is 0.486. The first-order valence-corrected chi connectivity index (χ1v) is 16.1. The molecule has 0 saturated heterocycles. The number of benzene rings is 2. The minimum atomic E-state index is -0.479. The molecule has 3 aromatic rings. The molecule has 1 heterocycles. The van der Waals surface area contributed by atoms with Crippen LogP contribution in [0.25, 0.3) is 10.9 Å². The molecular formula is C35H47NO4S. The molecule has 0 bridgehead atoms. The molecule has 3 rings (SSSR count). The number of pyridine rings is 1. The third-order valence-corrected chi connectivity index (χ3v) is 8.73. The van der Waals surface area contributed by atoms with Crippen molar-refractivity contribution >= 4 is 28.6 Å². The molecule has 0 aliphatic rings. The highest BCUT2D eigenvalue weighted by Crippen LogP contribution is 2.34. The summed E-state index contributed by atoms with van der Waals surface area (Å²) in [6, 6.07) is 16.5. The van der Waals surface area contributed by atoms with E-state index in [4.69, 9.17) is 9.47 Å². The topological polar surface area (TPSA) is 68.7 Å². The van der Waals surface area contributed by atoms with Gasteiger partial charge < -0.3 is 14.6 Å². The summed E-state index contributed by atoms with van der Waals surface area (Å²) in [5, 5.41) is 11.8. The minimum absolute atomic E-state index is 0.0677. The van der Waals surface area contributed by atoms with Crippen LogP contribution in [0.3, 0.4) is 0 Å². The zero-order valence-corrected chi connectivity index (χ0v) is 26.1. The van der Waals surface area contributed by atoms with E-state index in [0.717, 1.165) is 47.9 Å². The van der Waals surface area contributed by atoms with E-state index in [0.29, 0.717) is 11.3 Å². The van der Waals surface area contributed by atoms with Crippen LogP contribution < -0.4 is 4.74 Å². The summed E-state index contributed by atoms with van der Waals surface area (Å²) in [6.45, 7) is 4.38. The lowest BCUT2D eigenvalue weighted by Gasteiger charge is -2.18. The zero-order valence-electron chi connectivity index (χ0n) is 25.3. The number of thioether (sulfide) groups is 1. The van der Waals surface area contributed by atoms with Gasteiger partial charge in [-0.1, -0.05) is 89.1 Å². The van der Waals surface area contributed by atoms with Crippen molar-refractivity contribution in [2.45, 2.75) is 101 Å². The van der Waals surface area contributed by atoms with Crippen molar-refractivity contribution in [3.63, 3.8) is 0 Å². The van der Waals surface area contributed by atoms with E-state index < -0.39 is 5.97 Å². The number of hydrogen-bond acceptors (Lipinski definition) is 6. The Hall–Kier alpha value is -2.99. The SMILES string of the molecule is CCCC=C(O)[C@@H](CCc1ccccc1CCCCCCCCC)Sc1ccc2cc(C(=O)OC)c(OC)nc2c1. The van der Waals surface area contributed by atoms with Gasteiger partial charge in [-0.05, 0) is 67.5 Å². The predicted molar refractivity (Wildman–Crippen MR) is 171 cm³/mol. The third-order valence-electron chi connectivity index (χ3n) is 7.45. The summed E-state index contributed by atoms with van der Waals surface area (Å²) >= 11 is 1.66. The highest BCUT2D eigenvalue weighted by molar-refractivity contribution is 8.00. The number of carbonyl (C=O) groups excluding carboxylic acids is 1. The van der Waals surface area contributed by atoms with Gasteiger partial charge in [0, 0.05) is 10.3 Å². The number of unbranched alkanes of at least 4 members (excludes halogenated alkanes) is 7. The highest BCUT2D eigenvalue weighted by atomic mass is 32.2. The number of carbonyl (C=O) groups is 1. The van der Waals surface area contributed by atoms with Crippen LogP contribution >= 0.6 is 11.8 Å². The Balaban J connectivity index is 1.73. The Kier molecular flexibility index (Phi) is 14.1. The molecule has 0 saturated carbocycles. The van der Waals surface area contributed by atoms with Crippen molar-refractivity contribution in [1.82, 2.24) is 4.98 Å². The molecule has 0 radical (unpaired) electrons. The summed E-state index contributed by atoms with van der Waals surface area (Å²) in [6.07, 6.45) is 15.9. The van der Waals surface area contributed by atoms with Crippen molar-refractivity contribution in [1.29, 1.82) is 0 Å². The summed E-state index contributed by atoms with van der Waals surface area (Å²) in [7, 11) is 2.84. The molecule has 1 N–H and O–H groups in total. The van der Waals surface area contributed by atoms with Crippen LogP contribution in [0.4, 0.5) is 0 Å². The number of hydrogen-bond donors (Lipinski definition) is 1. The van der Waals surface area contributed by atoms with Gasteiger partial charge in [0.05, 0.1) is 25.0 Å². The van der Waals surface area contributed by atoms with Crippen LogP contribution in [-0.4, -0.2) is 35.5 Å². The summed E-state index contributed by atoms with van der Waals surface area (Å²) in [5.74, 6) is 0.201. The van der Waals surface area contributed by atoms with Gasteiger partial charge in [0.1, 0.15) is 11.3 Å². The quantitative estimate of drug-likeness (QED) is 0.0702. The van der Waals surface area contributed by atoms with Gasteiger partial charge in [-0.15, -0.1) is 11.8 Å². The second-order valence-corrected chi connectivity index (χ2v) is 11.9. The van der Waals surface area contributed by atoms with E-state index in [1.807, 2.05) is 24.3 Å². The maximum absolute atomic E-state index is 12.2. The van der Waals surface area contributed by atoms with Crippen molar-refractivity contribution < 1.29 is 19.4 Å². The molecule has 0 spiro atoms. The van der Waals surface area contributed by atoms with Gasteiger partial charge in [0.15, 0.2) is 0 Å².